The van der Waals surface area contributed by atoms with E-state index in [4.69, 9.17) is 28.6 Å². The van der Waals surface area contributed by atoms with Gasteiger partial charge in [-0.05, 0) is 41.5 Å². The summed E-state index contributed by atoms with van der Waals surface area (Å²) in [7, 11) is 1.65. The Kier molecular flexibility index (Phi) is 7.19. The molecule has 0 bridgehead atoms. The molecule has 0 saturated carbocycles. The number of halogens is 2. The Labute approximate surface area is 156 Å². The molecule has 0 spiro atoms. The van der Waals surface area contributed by atoms with Crippen LogP contribution in [0.2, 0.25) is 10.0 Å². The van der Waals surface area contributed by atoms with E-state index in [0.29, 0.717) is 10.0 Å². The van der Waals surface area contributed by atoms with E-state index in [9.17, 15) is 0 Å². The number of rotatable bonds is 5. The van der Waals surface area contributed by atoms with Crippen LogP contribution < -0.4 is 5.43 Å². The van der Waals surface area contributed by atoms with Crippen molar-refractivity contribution >= 4 is 47.7 Å². The summed E-state index contributed by atoms with van der Waals surface area (Å²) in [6.07, 6.45) is 6.84. The predicted octanol–water partition coefficient (Wildman–Crippen LogP) is 4.48. The summed E-state index contributed by atoms with van der Waals surface area (Å²) in [6, 6.07) is 14.7. The molecule has 0 saturated heterocycles. The molecule has 0 aromatic heterocycles. The first-order valence-corrected chi connectivity index (χ1v) is 8.13. The molecule has 0 atom stereocenters. The quantitative estimate of drug-likeness (QED) is 0.460. The molecule has 2 aromatic rings. The number of nitrogens with zero attached hydrogens (tertiary/aromatic N) is 3. The van der Waals surface area contributed by atoms with E-state index in [-0.39, 0.29) is 5.96 Å². The van der Waals surface area contributed by atoms with Crippen molar-refractivity contribution in [1.29, 1.82) is 5.41 Å². The van der Waals surface area contributed by atoms with Crippen LogP contribution in [-0.4, -0.2) is 30.4 Å². The summed E-state index contributed by atoms with van der Waals surface area (Å²) >= 11 is 11.7. The smallest absolute Gasteiger partial charge is 0.232 e. The second-order valence-electron chi connectivity index (χ2n) is 4.97. The third-order valence-corrected chi connectivity index (χ3v) is 3.57. The van der Waals surface area contributed by atoms with Crippen LogP contribution in [0.1, 0.15) is 11.1 Å². The van der Waals surface area contributed by atoms with Crippen molar-refractivity contribution in [1.82, 2.24) is 10.4 Å². The summed E-state index contributed by atoms with van der Waals surface area (Å²) in [5.41, 5.74) is 4.49. The predicted molar refractivity (Wildman–Crippen MR) is 107 cm³/mol. The fourth-order valence-electron chi connectivity index (χ4n) is 1.70. The van der Waals surface area contributed by atoms with Crippen LogP contribution >= 0.6 is 23.2 Å². The van der Waals surface area contributed by atoms with E-state index >= 15 is 0 Å². The van der Waals surface area contributed by atoms with Gasteiger partial charge in [0.25, 0.3) is 0 Å². The number of hydrogen-bond donors (Lipinski definition) is 2. The van der Waals surface area contributed by atoms with Crippen LogP contribution in [0.25, 0.3) is 6.08 Å². The van der Waals surface area contributed by atoms with E-state index in [1.165, 1.54) is 5.01 Å². The standard InChI is InChI=1S/C18H17Cl2N5/c1-25(23-13-15-6-10-17(20)11-7-15)18(21)24-22-12-2-3-14-4-8-16(19)9-5-14/h2-13H,1H3,(H2,21,24)/b3-2+,22-12?,23-13?. The molecular formula is C18H17Cl2N5. The van der Waals surface area contributed by atoms with Gasteiger partial charge in [0.05, 0.1) is 6.21 Å². The maximum absolute atomic E-state index is 7.85. The van der Waals surface area contributed by atoms with E-state index < -0.39 is 0 Å². The molecule has 128 valence electrons. The van der Waals surface area contributed by atoms with Crippen LogP contribution in [-0.2, 0) is 0 Å². The first kappa shape index (κ1) is 18.7. The summed E-state index contributed by atoms with van der Waals surface area (Å²) in [5, 5.41) is 18.7. The lowest BCUT2D eigenvalue weighted by Gasteiger charge is -2.12. The Bertz CT molecular complexity index is 780. The van der Waals surface area contributed by atoms with Crippen molar-refractivity contribution in [3.05, 3.63) is 75.8 Å². The Morgan fingerprint density at radius 2 is 1.56 bits per heavy atom. The van der Waals surface area contributed by atoms with Crippen molar-refractivity contribution in [3.63, 3.8) is 0 Å². The minimum absolute atomic E-state index is 0.0429. The van der Waals surface area contributed by atoms with E-state index in [2.05, 4.69) is 15.6 Å². The maximum Gasteiger partial charge on any atom is 0.232 e. The van der Waals surface area contributed by atoms with Gasteiger partial charge < -0.3 is 0 Å². The van der Waals surface area contributed by atoms with E-state index in [0.717, 1.165) is 11.1 Å². The molecule has 0 fully saturated rings. The molecule has 2 aromatic carbocycles. The topological polar surface area (TPSA) is 63.8 Å². The molecular weight excluding hydrogens is 357 g/mol. The van der Waals surface area contributed by atoms with Crippen molar-refractivity contribution in [2.75, 3.05) is 7.05 Å². The largest absolute Gasteiger partial charge is 0.266 e. The zero-order valence-corrected chi connectivity index (χ0v) is 15.0. The second kappa shape index (κ2) is 9.61. The lowest BCUT2D eigenvalue weighted by atomic mass is 10.2. The van der Waals surface area contributed by atoms with E-state index in [1.54, 1.807) is 37.7 Å². The van der Waals surface area contributed by atoms with E-state index in [1.807, 2.05) is 42.5 Å². The Balaban J connectivity index is 1.80. The van der Waals surface area contributed by atoms with Gasteiger partial charge in [-0.15, -0.1) is 0 Å². The van der Waals surface area contributed by atoms with Crippen molar-refractivity contribution in [3.8, 4) is 0 Å². The Morgan fingerprint density at radius 1 is 1.00 bits per heavy atom. The third kappa shape index (κ3) is 6.79. The highest BCUT2D eigenvalue weighted by atomic mass is 35.5. The van der Waals surface area contributed by atoms with Crippen LogP contribution in [0.3, 0.4) is 0 Å². The average molecular weight is 374 g/mol. The molecule has 2 N–H and O–H groups in total. The van der Waals surface area contributed by atoms with Crippen LogP contribution in [0, 0.1) is 5.41 Å². The maximum atomic E-state index is 7.85. The number of nitrogens with one attached hydrogen (secondary N) is 2. The van der Waals surface area contributed by atoms with Crippen molar-refractivity contribution < 1.29 is 0 Å². The van der Waals surface area contributed by atoms with Crippen molar-refractivity contribution in [2.24, 2.45) is 10.2 Å². The van der Waals surface area contributed by atoms with Gasteiger partial charge in [0.2, 0.25) is 5.96 Å². The number of benzene rings is 2. The molecule has 0 aliphatic rings. The number of hydrazone groups is 2. The van der Waals surface area contributed by atoms with Crippen LogP contribution in [0.4, 0.5) is 0 Å². The first-order valence-electron chi connectivity index (χ1n) is 7.38. The van der Waals surface area contributed by atoms with Gasteiger partial charge in [0, 0.05) is 23.3 Å². The second-order valence-corrected chi connectivity index (χ2v) is 5.84. The summed E-state index contributed by atoms with van der Waals surface area (Å²) in [6.45, 7) is 0. The lowest BCUT2D eigenvalue weighted by molar-refractivity contribution is 0.518. The Morgan fingerprint density at radius 3 is 2.16 bits per heavy atom. The molecule has 5 nitrogen and oxygen atoms in total. The third-order valence-electron chi connectivity index (χ3n) is 3.06. The van der Waals surface area contributed by atoms with Gasteiger partial charge in [-0.1, -0.05) is 53.5 Å². The van der Waals surface area contributed by atoms with Gasteiger partial charge in [0.1, 0.15) is 0 Å². The molecule has 2 rings (SSSR count). The Hall–Kier alpha value is -2.63. The molecule has 0 amide bonds. The molecule has 0 unspecified atom stereocenters. The molecule has 7 heteroatoms. The average Bonchev–Trinajstić information content (AvgIpc) is 2.62. The molecule has 25 heavy (non-hydrogen) atoms. The monoisotopic (exact) mass is 373 g/mol. The minimum atomic E-state index is 0.0429. The SMILES string of the molecule is CN(N=Cc1ccc(Cl)cc1)C(=N)NN=C/C=C/c1ccc(Cl)cc1. The normalized spacial score (nSPS) is 11.5. The van der Waals surface area contributed by atoms with Gasteiger partial charge in [-0.25, -0.2) is 10.4 Å². The highest BCUT2D eigenvalue weighted by molar-refractivity contribution is 6.30. The van der Waals surface area contributed by atoms with Gasteiger partial charge >= 0.3 is 0 Å². The van der Waals surface area contributed by atoms with Gasteiger partial charge in [0.15, 0.2) is 0 Å². The number of guanidine groups is 1. The molecule has 0 aliphatic heterocycles. The zero-order valence-electron chi connectivity index (χ0n) is 13.5. The fourth-order valence-corrected chi connectivity index (χ4v) is 1.95. The summed E-state index contributed by atoms with van der Waals surface area (Å²) < 4.78 is 0. The summed E-state index contributed by atoms with van der Waals surface area (Å²) in [4.78, 5) is 0. The van der Waals surface area contributed by atoms with Crippen molar-refractivity contribution in [2.45, 2.75) is 0 Å². The molecule has 0 aliphatic carbocycles. The first-order chi connectivity index (χ1) is 12.0. The molecule has 0 heterocycles. The number of allylic oxidation sites excluding steroid dienone is 1. The van der Waals surface area contributed by atoms with Gasteiger partial charge in [-0.3, -0.25) is 5.41 Å². The minimum Gasteiger partial charge on any atom is -0.266 e. The zero-order chi connectivity index (χ0) is 18.1. The summed E-state index contributed by atoms with van der Waals surface area (Å²) in [5.74, 6) is 0.0429. The fraction of sp³-hybridized carbons (Fsp3) is 0.0556. The van der Waals surface area contributed by atoms with Gasteiger partial charge in [-0.2, -0.15) is 10.2 Å². The number of hydrogen-bond acceptors (Lipinski definition) is 3. The van der Waals surface area contributed by atoms with Crippen LogP contribution in [0.5, 0.6) is 0 Å². The molecule has 0 radical (unpaired) electrons. The van der Waals surface area contributed by atoms with Crippen LogP contribution in [0.15, 0.2) is 64.8 Å². The highest BCUT2D eigenvalue weighted by Gasteiger charge is 1.99. The lowest BCUT2D eigenvalue weighted by Crippen LogP contribution is -2.31. The highest BCUT2D eigenvalue weighted by Crippen LogP contribution is 2.10.